The van der Waals surface area contributed by atoms with Crippen LogP contribution in [0.2, 0.25) is 0 Å². The van der Waals surface area contributed by atoms with E-state index in [-0.39, 0.29) is 0 Å². The molecule has 94 valence electrons. The molecule has 1 fully saturated rings. The quantitative estimate of drug-likeness (QED) is 0.834. The highest BCUT2D eigenvalue weighted by atomic mass is 32.2. The van der Waals surface area contributed by atoms with Crippen LogP contribution in [0.5, 0.6) is 0 Å². The van der Waals surface area contributed by atoms with Gasteiger partial charge in [-0.1, -0.05) is 18.2 Å². The molecule has 0 aliphatic carbocycles. The molecule has 2 rings (SSSR count). The Morgan fingerprint density at radius 2 is 1.65 bits per heavy atom. The first-order valence-electron chi connectivity index (χ1n) is 5.59. The molecule has 0 saturated carbocycles. The van der Waals surface area contributed by atoms with E-state index in [2.05, 4.69) is 9.73 Å². The van der Waals surface area contributed by atoms with Gasteiger partial charge in [0.25, 0.3) is 10.0 Å². The Labute approximate surface area is 102 Å². The molecule has 0 radical (unpaired) electrons. The van der Waals surface area contributed by atoms with Crippen molar-refractivity contribution in [2.45, 2.75) is 4.90 Å². The van der Waals surface area contributed by atoms with E-state index in [9.17, 15) is 8.42 Å². The number of sulfonamides is 1. The molecule has 1 heterocycles. The third kappa shape index (κ3) is 3.26. The first kappa shape index (κ1) is 12.5. The van der Waals surface area contributed by atoms with E-state index in [1.54, 1.807) is 35.3 Å². The van der Waals surface area contributed by atoms with Crippen molar-refractivity contribution in [1.82, 2.24) is 14.7 Å². The van der Waals surface area contributed by atoms with Crippen LogP contribution in [0.4, 0.5) is 0 Å². The minimum absolute atomic E-state index is 0.305. The normalized spacial score (nSPS) is 19.4. The van der Waals surface area contributed by atoms with Gasteiger partial charge in [-0.3, -0.25) is 0 Å². The van der Waals surface area contributed by atoms with Crippen molar-refractivity contribution in [3.05, 3.63) is 30.3 Å². The van der Waals surface area contributed by atoms with Gasteiger partial charge in [0.1, 0.15) is 0 Å². The van der Waals surface area contributed by atoms with Gasteiger partial charge in [-0.25, -0.2) is 13.4 Å². The maximum atomic E-state index is 12.0. The SMILES string of the molecule is CN1CCN(NS(=O)(=O)c2ccccc2)CC1. The molecule has 1 aliphatic heterocycles. The lowest BCUT2D eigenvalue weighted by Gasteiger charge is -2.32. The molecule has 1 aromatic rings. The largest absolute Gasteiger partial charge is 0.304 e. The molecule has 0 atom stereocenters. The van der Waals surface area contributed by atoms with Crippen molar-refractivity contribution in [3.8, 4) is 0 Å². The van der Waals surface area contributed by atoms with E-state index in [1.165, 1.54) is 0 Å². The van der Waals surface area contributed by atoms with Gasteiger partial charge in [0, 0.05) is 26.2 Å². The van der Waals surface area contributed by atoms with E-state index in [0.29, 0.717) is 18.0 Å². The van der Waals surface area contributed by atoms with E-state index >= 15 is 0 Å². The van der Waals surface area contributed by atoms with Crippen LogP contribution in [0.15, 0.2) is 35.2 Å². The number of hydrogen-bond acceptors (Lipinski definition) is 4. The highest BCUT2D eigenvalue weighted by Gasteiger charge is 2.20. The maximum Gasteiger partial charge on any atom is 0.253 e. The van der Waals surface area contributed by atoms with Crippen molar-refractivity contribution >= 4 is 10.0 Å². The van der Waals surface area contributed by atoms with Gasteiger partial charge in [0.15, 0.2) is 0 Å². The summed E-state index contributed by atoms with van der Waals surface area (Å²) in [6, 6.07) is 8.43. The molecule has 0 spiro atoms. The summed E-state index contributed by atoms with van der Waals surface area (Å²) in [6.07, 6.45) is 0. The number of benzene rings is 1. The maximum absolute atomic E-state index is 12.0. The van der Waals surface area contributed by atoms with Gasteiger partial charge in [0.2, 0.25) is 0 Å². The standard InChI is InChI=1S/C11H17N3O2S/c1-13-7-9-14(10-8-13)12-17(15,16)11-5-3-2-4-6-11/h2-6,12H,7-10H2,1H3. The molecule has 0 unspecified atom stereocenters. The van der Waals surface area contributed by atoms with Crippen molar-refractivity contribution in [2.24, 2.45) is 0 Å². The molecular weight excluding hydrogens is 238 g/mol. The average Bonchev–Trinajstić information content (AvgIpc) is 2.33. The molecule has 0 aromatic heterocycles. The lowest BCUT2D eigenvalue weighted by atomic mass is 10.4. The summed E-state index contributed by atoms with van der Waals surface area (Å²) in [4.78, 5) is 5.09. The second kappa shape index (κ2) is 5.14. The van der Waals surface area contributed by atoms with Gasteiger partial charge < -0.3 is 4.90 Å². The Morgan fingerprint density at radius 1 is 1.06 bits per heavy atom. The van der Waals surface area contributed by atoms with Crippen molar-refractivity contribution < 1.29 is 8.42 Å². The fraction of sp³-hybridized carbons (Fsp3) is 0.455. The molecule has 1 N–H and O–H groups in total. The van der Waals surface area contributed by atoms with E-state index in [4.69, 9.17) is 0 Å². The van der Waals surface area contributed by atoms with Crippen molar-refractivity contribution in [1.29, 1.82) is 0 Å². The second-order valence-corrected chi connectivity index (χ2v) is 5.86. The Kier molecular flexibility index (Phi) is 3.78. The Balaban J connectivity index is 2.03. The van der Waals surface area contributed by atoms with Crippen LogP contribution < -0.4 is 4.83 Å². The lowest BCUT2D eigenvalue weighted by molar-refractivity contribution is 0.135. The van der Waals surface area contributed by atoms with Crippen LogP contribution in [0.25, 0.3) is 0 Å². The third-order valence-electron chi connectivity index (χ3n) is 2.81. The topological polar surface area (TPSA) is 52.6 Å². The van der Waals surface area contributed by atoms with Crippen LogP contribution in [0.1, 0.15) is 0 Å². The van der Waals surface area contributed by atoms with Crippen molar-refractivity contribution in [2.75, 3.05) is 33.2 Å². The van der Waals surface area contributed by atoms with Crippen LogP contribution >= 0.6 is 0 Å². The van der Waals surface area contributed by atoms with Gasteiger partial charge in [-0.05, 0) is 19.2 Å². The molecule has 1 aliphatic rings. The zero-order chi connectivity index (χ0) is 12.3. The van der Waals surface area contributed by atoms with Gasteiger partial charge in [-0.15, -0.1) is 4.83 Å². The van der Waals surface area contributed by atoms with Gasteiger partial charge in [-0.2, -0.15) is 0 Å². The van der Waals surface area contributed by atoms with Crippen LogP contribution in [-0.4, -0.2) is 51.6 Å². The number of hydrazine groups is 1. The number of likely N-dealkylation sites (N-methyl/N-ethyl adjacent to an activating group) is 1. The predicted octanol–water partition coefficient (Wildman–Crippen LogP) is 0.127. The number of piperazine rings is 1. The number of hydrogen-bond donors (Lipinski definition) is 1. The Morgan fingerprint density at radius 3 is 2.24 bits per heavy atom. The number of nitrogens with one attached hydrogen (secondary N) is 1. The summed E-state index contributed by atoms with van der Waals surface area (Å²) >= 11 is 0. The lowest BCUT2D eigenvalue weighted by Crippen LogP contribution is -2.52. The zero-order valence-corrected chi connectivity index (χ0v) is 10.7. The molecule has 6 heteroatoms. The minimum Gasteiger partial charge on any atom is -0.304 e. The summed E-state index contributed by atoms with van der Waals surface area (Å²) in [5.74, 6) is 0. The summed E-state index contributed by atoms with van der Waals surface area (Å²) in [7, 11) is -1.39. The van der Waals surface area contributed by atoms with Gasteiger partial charge in [0.05, 0.1) is 4.90 Å². The summed E-state index contributed by atoms with van der Waals surface area (Å²) in [6.45, 7) is 3.17. The van der Waals surface area contributed by atoms with Crippen LogP contribution in [0, 0.1) is 0 Å². The molecule has 0 amide bonds. The first-order chi connectivity index (χ1) is 8.08. The number of nitrogens with zero attached hydrogens (tertiary/aromatic N) is 2. The third-order valence-corrected chi connectivity index (χ3v) is 4.20. The van der Waals surface area contributed by atoms with Crippen molar-refractivity contribution in [3.63, 3.8) is 0 Å². The second-order valence-electron chi connectivity index (χ2n) is 4.20. The monoisotopic (exact) mass is 255 g/mol. The summed E-state index contributed by atoms with van der Waals surface area (Å²) < 4.78 is 24.0. The number of rotatable bonds is 3. The molecule has 1 saturated heterocycles. The summed E-state index contributed by atoms with van der Waals surface area (Å²) in [5.41, 5.74) is 0. The Bertz CT molecular complexity index is 453. The predicted molar refractivity (Wildman–Crippen MR) is 65.8 cm³/mol. The highest BCUT2D eigenvalue weighted by Crippen LogP contribution is 2.08. The Hall–Kier alpha value is -0.950. The molecule has 5 nitrogen and oxygen atoms in total. The summed E-state index contributed by atoms with van der Waals surface area (Å²) in [5, 5.41) is 1.75. The van der Waals surface area contributed by atoms with Gasteiger partial charge >= 0.3 is 0 Å². The highest BCUT2D eigenvalue weighted by molar-refractivity contribution is 7.89. The average molecular weight is 255 g/mol. The molecule has 0 bridgehead atoms. The first-order valence-corrected chi connectivity index (χ1v) is 7.07. The smallest absolute Gasteiger partial charge is 0.253 e. The zero-order valence-electron chi connectivity index (χ0n) is 9.83. The van der Waals surface area contributed by atoms with E-state index in [1.807, 2.05) is 7.05 Å². The molecular formula is C11H17N3O2S. The van der Waals surface area contributed by atoms with E-state index < -0.39 is 10.0 Å². The van der Waals surface area contributed by atoms with Crippen LogP contribution in [-0.2, 0) is 10.0 Å². The molecule has 1 aromatic carbocycles. The van der Waals surface area contributed by atoms with E-state index in [0.717, 1.165) is 13.1 Å². The molecule has 17 heavy (non-hydrogen) atoms. The minimum atomic E-state index is -3.42. The fourth-order valence-corrected chi connectivity index (χ4v) is 2.86. The fourth-order valence-electron chi connectivity index (χ4n) is 1.72. The van der Waals surface area contributed by atoms with Crippen LogP contribution in [0.3, 0.4) is 0 Å².